The number of anilines is 1. The van der Waals surface area contributed by atoms with Crippen molar-refractivity contribution in [1.82, 2.24) is 19.6 Å². The first kappa shape index (κ1) is 16.4. The van der Waals surface area contributed by atoms with Gasteiger partial charge in [0.1, 0.15) is 23.7 Å². The van der Waals surface area contributed by atoms with Gasteiger partial charge >= 0.3 is 0 Å². The molecule has 4 atom stereocenters. The molecule has 0 bridgehead atoms. The zero-order valence-corrected chi connectivity index (χ0v) is 12.9. The van der Waals surface area contributed by atoms with Gasteiger partial charge in [0.25, 0.3) is 0 Å². The summed E-state index contributed by atoms with van der Waals surface area (Å²) in [5.41, 5.74) is 13.6. The van der Waals surface area contributed by atoms with Crippen LogP contribution in [0.4, 0.5) is 5.82 Å². The number of fused-ring (bicyclic) bond motifs is 1. The molecule has 1 saturated heterocycles. The third kappa shape index (κ3) is 1.89. The van der Waals surface area contributed by atoms with Crippen molar-refractivity contribution >= 4 is 11.5 Å². The Hall–Kier alpha value is -2.50. The summed E-state index contributed by atoms with van der Waals surface area (Å²) in [5, 5.41) is 27.8. The predicted molar refractivity (Wildman–Crippen MR) is 79.4 cm³/mol. The summed E-state index contributed by atoms with van der Waals surface area (Å²) in [6, 6.07) is 0. The topological polar surface area (TPSA) is 177 Å². The highest BCUT2D eigenvalue weighted by Crippen LogP contribution is 2.50. The molecule has 12 nitrogen and oxygen atoms in total. The minimum absolute atomic E-state index is 0.130. The Morgan fingerprint density at radius 1 is 1.58 bits per heavy atom. The first-order valence-corrected chi connectivity index (χ1v) is 6.98. The van der Waals surface area contributed by atoms with Crippen molar-refractivity contribution < 1.29 is 19.7 Å². The van der Waals surface area contributed by atoms with Gasteiger partial charge in [0.15, 0.2) is 11.5 Å². The molecule has 128 valence electrons. The third-order valence-corrected chi connectivity index (χ3v) is 4.30. The number of nitrogens with zero attached hydrogens (tertiary/aromatic N) is 7. The molecule has 24 heavy (non-hydrogen) atoms. The number of aromatic nitrogens is 4. The van der Waals surface area contributed by atoms with Gasteiger partial charge in [0, 0.05) is 12.0 Å². The van der Waals surface area contributed by atoms with Crippen LogP contribution in [0.15, 0.2) is 17.6 Å². The molecule has 0 radical (unpaired) electrons. The smallest absolute Gasteiger partial charge is 0.228 e. The van der Waals surface area contributed by atoms with Crippen molar-refractivity contribution in [1.29, 1.82) is 0 Å². The van der Waals surface area contributed by atoms with Gasteiger partial charge in [0.05, 0.1) is 18.9 Å². The number of nitrogen functional groups attached to an aromatic ring is 1. The van der Waals surface area contributed by atoms with Crippen molar-refractivity contribution in [2.45, 2.75) is 30.5 Å². The monoisotopic (exact) mass is 336 g/mol. The first-order chi connectivity index (χ1) is 11.4. The molecule has 2 aromatic heterocycles. The largest absolute Gasteiger partial charge is 0.394 e. The van der Waals surface area contributed by atoms with Crippen LogP contribution in [0.1, 0.15) is 12.6 Å². The van der Waals surface area contributed by atoms with E-state index in [2.05, 4.69) is 25.1 Å². The first-order valence-electron chi connectivity index (χ1n) is 6.98. The van der Waals surface area contributed by atoms with Crippen LogP contribution in [0.3, 0.4) is 0 Å². The number of aliphatic hydroxyl groups is 2. The van der Waals surface area contributed by atoms with Gasteiger partial charge in [-0.2, -0.15) is 5.10 Å². The van der Waals surface area contributed by atoms with Gasteiger partial charge in [-0.3, -0.25) is 0 Å². The molecule has 0 aromatic carbocycles. The maximum atomic E-state index is 10.5. The van der Waals surface area contributed by atoms with Crippen LogP contribution >= 0.6 is 0 Å². The normalized spacial score (nSPS) is 32.8. The lowest BCUT2D eigenvalue weighted by Crippen LogP contribution is -2.52. The fraction of sp³-hybridized carbons (Fsp3) is 0.583. The van der Waals surface area contributed by atoms with E-state index in [-0.39, 0.29) is 17.2 Å². The maximum absolute atomic E-state index is 10.5. The van der Waals surface area contributed by atoms with E-state index in [9.17, 15) is 10.2 Å². The number of aliphatic hydroxyl groups excluding tert-OH is 2. The molecule has 0 spiro atoms. The number of methoxy groups -OCH3 is 1. The molecule has 0 saturated carbocycles. The Morgan fingerprint density at radius 3 is 2.96 bits per heavy atom. The molecule has 3 heterocycles. The summed E-state index contributed by atoms with van der Waals surface area (Å²) in [5.74, 6) is -1.61. The van der Waals surface area contributed by atoms with E-state index in [1.54, 1.807) is 0 Å². The third-order valence-electron chi connectivity index (χ3n) is 4.30. The SMILES string of the molecule is CO[C@@]1(c2cnc3c(N)ncnn23)O[C@H](CO)[C@@H](O)[C@@]1(C)N=[N+]=[N-]. The van der Waals surface area contributed by atoms with Gasteiger partial charge in [0.2, 0.25) is 5.79 Å². The van der Waals surface area contributed by atoms with Crippen LogP contribution < -0.4 is 5.73 Å². The summed E-state index contributed by atoms with van der Waals surface area (Å²) in [4.78, 5) is 10.8. The second kappa shape index (κ2) is 5.54. The molecule has 12 heteroatoms. The highest BCUT2D eigenvalue weighted by Gasteiger charge is 2.66. The summed E-state index contributed by atoms with van der Waals surface area (Å²) in [6.07, 6.45) is 0.228. The fourth-order valence-electron chi connectivity index (χ4n) is 3.05. The molecule has 0 amide bonds. The lowest BCUT2D eigenvalue weighted by Gasteiger charge is -2.37. The number of azide groups is 1. The van der Waals surface area contributed by atoms with E-state index in [4.69, 9.17) is 20.7 Å². The van der Waals surface area contributed by atoms with Crippen LogP contribution in [0.5, 0.6) is 0 Å². The van der Waals surface area contributed by atoms with Crippen LogP contribution in [-0.2, 0) is 15.3 Å². The van der Waals surface area contributed by atoms with Crippen LogP contribution in [0.2, 0.25) is 0 Å². The molecule has 0 unspecified atom stereocenters. The van der Waals surface area contributed by atoms with E-state index < -0.39 is 30.1 Å². The maximum Gasteiger partial charge on any atom is 0.228 e. The Bertz CT molecular complexity index is 820. The van der Waals surface area contributed by atoms with Crippen molar-refractivity contribution in [2.24, 2.45) is 5.11 Å². The van der Waals surface area contributed by atoms with Gasteiger partial charge < -0.3 is 25.4 Å². The predicted octanol–water partition coefficient (Wildman–Crippen LogP) is -0.673. The molecule has 2 aromatic rings. The zero-order chi connectivity index (χ0) is 17.5. The quantitative estimate of drug-likeness (QED) is 0.373. The van der Waals surface area contributed by atoms with Crippen molar-refractivity contribution in [3.8, 4) is 0 Å². The fourth-order valence-corrected chi connectivity index (χ4v) is 3.05. The molecule has 4 N–H and O–H groups in total. The highest BCUT2D eigenvalue weighted by molar-refractivity contribution is 5.59. The molecular formula is C12H16N8O4. The molecule has 1 aliphatic rings. The number of imidazole rings is 1. The Kier molecular flexibility index (Phi) is 3.78. The average molecular weight is 336 g/mol. The molecule has 0 aliphatic carbocycles. The number of rotatable bonds is 4. The van der Waals surface area contributed by atoms with Crippen LogP contribution in [0, 0.1) is 0 Å². The molecule has 1 fully saturated rings. The number of hydrogen-bond donors (Lipinski definition) is 3. The average Bonchev–Trinajstić information content (AvgIpc) is 3.09. The van der Waals surface area contributed by atoms with E-state index in [1.165, 1.54) is 31.1 Å². The number of ether oxygens (including phenoxy) is 2. The standard InChI is InChI=1S/C12H16N8O4/c1-11(18-19-14)8(22)6(4-21)24-12(11,23-2)7-3-15-10-9(13)16-5-17-20(7)10/h3,5-6,8,21-22H,4H2,1-2H3,(H2,13,16,17)/t6-,8-,11-,12+/m1/s1. The van der Waals surface area contributed by atoms with E-state index >= 15 is 0 Å². The Morgan fingerprint density at radius 2 is 2.33 bits per heavy atom. The van der Waals surface area contributed by atoms with E-state index in [1.807, 2.05) is 0 Å². The second-order valence-corrected chi connectivity index (χ2v) is 5.47. The Balaban J connectivity index is 2.30. The highest BCUT2D eigenvalue weighted by atomic mass is 16.7. The summed E-state index contributed by atoms with van der Waals surface area (Å²) in [7, 11) is 1.32. The second-order valence-electron chi connectivity index (χ2n) is 5.47. The van der Waals surface area contributed by atoms with E-state index in [0.717, 1.165) is 0 Å². The zero-order valence-electron chi connectivity index (χ0n) is 12.9. The molecule has 3 rings (SSSR count). The van der Waals surface area contributed by atoms with Crippen LogP contribution in [0.25, 0.3) is 16.1 Å². The number of nitrogens with two attached hydrogens (primary N) is 1. The lowest BCUT2D eigenvalue weighted by molar-refractivity contribution is -0.249. The molecule has 1 aliphatic heterocycles. The van der Waals surface area contributed by atoms with Gasteiger partial charge in [-0.25, -0.2) is 14.5 Å². The van der Waals surface area contributed by atoms with Crippen molar-refractivity contribution in [3.05, 3.63) is 28.7 Å². The van der Waals surface area contributed by atoms with Gasteiger partial charge in [-0.05, 0) is 12.5 Å². The summed E-state index contributed by atoms with van der Waals surface area (Å²) < 4.78 is 12.6. The Labute approximate surface area is 135 Å². The lowest BCUT2D eigenvalue weighted by atomic mass is 9.85. The summed E-state index contributed by atoms with van der Waals surface area (Å²) in [6.45, 7) is 0.956. The van der Waals surface area contributed by atoms with E-state index in [0.29, 0.717) is 0 Å². The van der Waals surface area contributed by atoms with Crippen molar-refractivity contribution in [3.63, 3.8) is 0 Å². The number of hydrogen-bond acceptors (Lipinski definition) is 9. The molecular weight excluding hydrogens is 320 g/mol. The summed E-state index contributed by atoms with van der Waals surface area (Å²) >= 11 is 0. The van der Waals surface area contributed by atoms with Crippen molar-refractivity contribution in [2.75, 3.05) is 19.5 Å². The minimum atomic E-state index is -1.74. The van der Waals surface area contributed by atoms with Gasteiger partial charge in [-0.1, -0.05) is 5.11 Å². The van der Waals surface area contributed by atoms with Gasteiger partial charge in [-0.15, -0.1) is 0 Å². The minimum Gasteiger partial charge on any atom is -0.394 e. The van der Waals surface area contributed by atoms with Crippen LogP contribution in [-0.4, -0.2) is 61.3 Å².